The largest absolute Gasteiger partial charge is 0.481 e. The van der Waals surface area contributed by atoms with Crippen LogP contribution in [0.3, 0.4) is 0 Å². The fourth-order valence-corrected chi connectivity index (χ4v) is 7.52. The summed E-state index contributed by atoms with van der Waals surface area (Å²) < 4.78 is 0. The lowest BCUT2D eigenvalue weighted by atomic mass is 10.2. The predicted molar refractivity (Wildman–Crippen MR) is 398 cm³/mol. The van der Waals surface area contributed by atoms with Crippen molar-refractivity contribution in [1.29, 1.82) is 0 Å². The summed E-state index contributed by atoms with van der Waals surface area (Å²) in [6, 6.07) is 0. The Hall–Kier alpha value is -5.55. The van der Waals surface area contributed by atoms with E-state index in [9.17, 15) is 57.5 Å². The molecule has 0 aromatic carbocycles. The Morgan fingerprint density at radius 3 is 0.781 bits per heavy atom. The first-order valence-electron chi connectivity index (χ1n) is 34.0. The summed E-state index contributed by atoms with van der Waals surface area (Å²) in [5, 5.41) is 39.1. The van der Waals surface area contributed by atoms with Crippen LogP contribution in [0.4, 0.5) is 0 Å². The van der Waals surface area contributed by atoms with Crippen LogP contribution in [-0.2, 0) is 57.5 Å². The summed E-state index contributed by atoms with van der Waals surface area (Å²) in [4.78, 5) is 137. The van der Waals surface area contributed by atoms with E-state index in [0.29, 0.717) is 71.6 Å². The molecule has 0 unspecified atom stereocenters. The van der Waals surface area contributed by atoms with Crippen LogP contribution in [0.1, 0.15) is 319 Å². The number of aliphatic carboxylic acids is 4. The third kappa shape index (κ3) is 102. The van der Waals surface area contributed by atoms with Crippen molar-refractivity contribution in [1.82, 2.24) is 30.2 Å². The number of unbranched alkanes of at least 4 members (excludes halogenated alkanes) is 12. The minimum atomic E-state index is -1.04. The van der Waals surface area contributed by atoms with Gasteiger partial charge in [-0.1, -0.05) is 171 Å². The number of ketones is 2. The summed E-state index contributed by atoms with van der Waals surface area (Å²) in [7, 11) is 0. The van der Waals surface area contributed by atoms with Crippen LogP contribution < -0.4 is 16.4 Å². The van der Waals surface area contributed by atoms with Crippen LogP contribution in [-0.4, -0.2) is 189 Å². The van der Waals surface area contributed by atoms with Crippen molar-refractivity contribution in [2.45, 2.75) is 319 Å². The van der Waals surface area contributed by atoms with Crippen LogP contribution >= 0.6 is 11.6 Å². The number of Topliss-reactive ketones (excluding diaryl/α,β-unsaturated/α-hetero) is 2. The normalized spacial score (nSPS) is 9.35. The Kier molecular flexibility index (Phi) is 112. The van der Waals surface area contributed by atoms with Crippen LogP contribution in [0.5, 0.6) is 0 Å². The second-order valence-corrected chi connectivity index (χ2v) is 22.5. The lowest BCUT2D eigenvalue weighted by Crippen LogP contribution is -2.37. The van der Waals surface area contributed by atoms with Gasteiger partial charge in [0.25, 0.3) is 0 Å². The Bertz CT molecular complexity index is 1710. The smallest absolute Gasteiger partial charge is 0.312 e. The Labute approximate surface area is 591 Å². The molecule has 96 heavy (non-hydrogen) atoms. The van der Waals surface area contributed by atoms with Crippen molar-refractivity contribution < 1.29 is 78.0 Å². The van der Waals surface area contributed by atoms with Gasteiger partial charge in [-0.2, -0.15) is 0 Å². The Morgan fingerprint density at radius 2 is 0.573 bits per heavy atom. The van der Waals surface area contributed by atoms with E-state index in [1.165, 1.54) is 52.6 Å². The highest BCUT2D eigenvalue weighted by Gasteiger charge is 2.19. The highest BCUT2D eigenvalue weighted by atomic mass is 35.5. The summed E-state index contributed by atoms with van der Waals surface area (Å²) >= 11 is 4.81. The monoisotopic (exact) mass is 1400 g/mol. The van der Waals surface area contributed by atoms with Crippen molar-refractivity contribution in [3.63, 3.8) is 0 Å². The first kappa shape index (κ1) is 118. The zero-order valence-electron chi connectivity index (χ0n) is 58.8. The maximum Gasteiger partial charge on any atom is 0.312 e. The highest BCUT2D eigenvalue weighted by Crippen LogP contribution is 2.07. The van der Waals surface area contributed by atoms with E-state index in [1.54, 1.807) is 14.7 Å². The lowest BCUT2D eigenvalue weighted by molar-refractivity contribution is -0.146. The van der Waals surface area contributed by atoms with E-state index in [-0.39, 0.29) is 123 Å². The van der Waals surface area contributed by atoms with Crippen LogP contribution in [0.2, 0.25) is 0 Å². The van der Waals surface area contributed by atoms with E-state index >= 15 is 0 Å². The van der Waals surface area contributed by atoms with Gasteiger partial charge < -0.3 is 56.4 Å². The molecule has 0 radical (unpaired) electrons. The van der Waals surface area contributed by atoms with Crippen molar-refractivity contribution in [3.8, 4) is 0 Å². The van der Waals surface area contributed by atoms with Crippen LogP contribution in [0, 0.1) is 0 Å². The molecule has 23 nitrogen and oxygen atoms in total. The van der Waals surface area contributed by atoms with Crippen molar-refractivity contribution >= 4 is 81.8 Å². The van der Waals surface area contributed by atoms with Crippen molar-refractivity contribution in [2.24, 2.45) is 5.73 Å². The molecule has 8 N–H and O–H groups in total. The predicted octanol–water partition coefficient (Wildman–Crippen LogP) is 14.6. The quantitative estimate of drug-likeness (QED) is 0.0169. The minimum absolute atomic E-state index is 0. The molecule has 0 spiro atoms. The van der Waals surface area contributed by atoms with Gasteiger partial charge in [-0.05, 0) is 135 Å². The SMILES string of the molecule is C.C.C.C.C.CC(=O)CC(=O)Cl.CCCCN(CCCC)C(=O)CC(=O)NCCCCC(=O)O.CCCCN(CCCC)C(=O)CC(=O)O.CCCCN(CCCC)C(=O)CC(=O)O.CCCCN(CCCC)C(=O)CC(C)=O.CCCCNCCCC.NCCCCC(=O)O. The zero-order valence-corrected chi connectivity index (χ0v) is 59.6. The molecule has 5 amide bonds. The number of hydrogen-bond acceptors (Lipinski definition) is 14. The molecular formula is C72H150ClN7O16. The molecule has 0 heterocycles. The summed E-state index contributed by atoms with van der Waals surface area (Å²) in [5.41, 5.74) is 5.12. The molecule has 0 rings (SSSR count). The van der Waals surface area contributed by atoms with Crippen molar-refractivity contribution in [3.05, 3.63) is 0 Å². The zero-order chi connectivity index (χ0) is 71.1. The number of carboxylic acids is 4. The van der Waals surface area contributed by atoms with E-state index in [4.69, 9.17) is 37.8 Å². The fourth-order valence-electron chi connectivity index (χ4n) is 7.33. The van der Waals surface area contributed by atoms with E-state index < -0.39 is 29.1 Å². The molecule has 0 aromatic heterocycles. The molecule has 0 aliphatic rings. The molecule has 24 heteroatoms. The standard InChI is InChI=1S/C16H30N2O4.C12H23NO2.2C11H21NO3.C8H19N.C5H11NO2.C4H5ClO2.5CH4/c1-3-5-11-18(12-6-4-2)15(20)13-14(19)17-10-8-7-9-16(21)22;1-4-6-8-13(9-7-5-2)12(15)10-11(3)14;2*1-3-5-7-12(8-6-4-2)10(13)9-11(14)15;1-3-5-7-9-8-6-4-2;6-4-2-1-3-5(7)8;1-3(6)2-4(5)7;;;;;/h3-13H2,1-2H3,(H,17,19)(H,21,22);4-10H2,1-3H3;2*3-9H2,1-2H3,(H,14,15);9H,3-8H2,1-2H3;1-4,6H2,(H,7,8);2H2,1H3;5*1H4. The summed E-state index contributed by atoms with van der Waals surface area (Å²) in [5.74, 6) is -4.82. The van der Waals surface area contributed by atoms with Gasteiger partial charge in [0.2, 0.25) is 34.8 Å². The van der Waals surface area contributed by atoms with E-state index in [1.807, 2.05) is 4.90 Å². The average molecular weight is 1410 g/mol. The minimum Gasteiger partial charge on any atom is -0.481 e. The van der Waals surface area contributed by atoms with Gasteiger partial charge in [0.15, 0.2) is 0 Å². The molecule has 576 valence electrons. The Balaban J connectivity index is -0.0000000875. The third-order valence-electron chi connectivity index (χ3n) is 12.8. The van der Waals surface area contributed by atoms with Gasteiger partial charge in [-0.25, -0.2) is 0 Å². The Morgan fingerprint density at radius 1 is 0.323 bits per heavy atom. The number of carbonyl (C=O) groups is 12. The first-order chi connectivity index (χ1) is 43.2. The highest BCUT2D eigenvalue weighted by molar-refractivity contribution is 6.64. The molecule has 0 atom stereocenters. The van der Waals surface area contributed by atoms with Crippen molar-refractivity contribution in [2.75, 3.05) is 78.5 Å². The average Bonchev–Trinajstić information content (AvgIpc) is 1.77. The van der Waals surface area contributed by atoms with Gasteiger partial charge >= 0.3 is 23.9 Å². The second kappa shape index (κ2) is 91.5. The van der Waals surface area contributed by atoms with Crippen LogP contribution in [0.15, 0.2) is 0 Å². The summed E-state index contributed by atoms with van der Waals surface area (Å²) in [6.07, 6.45) is 23.3. The lowest BCUT2D eigenvalue weighted by Gasteiger charge is -2.22. The number of carbonyl (C=O) groups excluding carboxylic acids is 8. The van der Waals surface area contributed by atoms with Gasteiger partial charge in [0.1, 0.15) is 30.8 Å². The molecule has 0 aliphatic carbocycles. The van der Waals surface area contributed by atoms with E-state index in [0.717, 1.165) is 122 Å². The molecule has 0 saturated carbocycles. The molecule has 0 aromatic rings. The van der Waals surface area contributed by atoms with Gasteiger partial charge in [0, 0.05) is 71.7 Å². The molecule has 0 aliphatic heterocycles. The number of amides is 5. The molecule has 0 saturated heterocycles. The molecule has 0 bridgehead atoms. The number of nitrogens with one attached hydrogen (secondary N) is 2. The number of nitrogens with two attached hydrogens (primary N) is 1. The third-order valence-corrected chi connectivity index (χ3v) is 12.9. The van der Waals surface area contributed by atoms with Gasteiger partial charge in [-0.15, -0.1) is 0 Å². The topological polar surface area (TPSA) is 349 Å². The maximum absolute atomic E-state index is 12.1. The van der Waals surface area contributed by atoms with Gasteiger partial charge in [-0.3, -0.25) is 57.5 Å². The molecule has 0 fully saturated rings. The number of hydrogen-bond donors (Lipinski definition) is 7. The maximum atomic E-state index is 12.1. The second-order valence-electron chi connectivity index (χ2n) is 22.1. The van der Waals surface area contributed by atoms with E-state index in [2.05, 4.69) is 79.9 Å². The first-order valence-corrected chi connectivity index (χ1v) is 34.4. The summed E-state index contributed by atoms with van der Waals surface area (Å²) in [6.45, 7) is 33.0. The number of halogens is 1. The molecular weight excluding hydrogens is 1250 g/mol. The van der Waals surface area contributed by atoms with Crippen LogP contribution in [0.25, 0.3) is 0 Å². The number of rotatable bonds is 49. The fraction of sp³-hybridized carbons (Fsp3) is 0.833. The number of nitrogens with zero attached hydrogens (tertiary/aromatic N) is 4. The number of carboxylic acid groups (broad SMARTS) is 4. The van der Waals surface area contributed by atoms with Gasteiger partial charge in [0.05, 0.1) is 12.8 Å².